The number of nitrogens with zero attached hydrogens (tertiary/aromatic N) is 4. The molecule has 8 heteroatoms. The third-order valence-corrected chi connectivity index (χ3v) is 4.89. The van der Waals surface area contributed by atoms with Crippen molar-refractivity contribution >= 4 is 45.6 Å². The molecular formula is C22H13Cl2N5O. The summed E-state index contributed by atoms with van der Waals surface area (Å²) in [6.45, 7) is 0. The van der Waals surface area contributed by atoms with Crippen molar-refractivity contribution in [3.05, 3.63) is 82.8 Å². The SMILES string of the molecule is Clc1ccc(-c2nnc(-c3nc(Nc4cccc(Cl)c4)c4ccccc4n3)o2)cc1. The molecule has 0 radical (unpaired) electrons. The maximum atomic E-state index is 6.11. The second kappa shape index (κ2) is 7.74. The maximum Gasteiger partial charge on any atom is 0.286 e. The van der Waals surface area contributed by atoms with Gasteiger partial charge < -0.3 is 9.73 Å². The monoisotopic (exact) mass is 433 g/mol. The van der Waals surface area contributed by atoms with E-state index >= 15 is 0 Å². The van der Waals surface area contributed by atoms with Gasteiger partial charge in [0, 0.05) is 26.7 Å². The van der Waals surface area contributed by atoms with E-state index in [1.54, 1.807) is 12.1 Å². The molecule has 1 N–H and O–H groups in total. The Morgan fingerprint density at radius 3 is 2.37 bits per heavy atom. The van der Waals surface area contributed by atoms with E-state index in [9.17, 15) is 0 Å². The van der Waals surface area contributed by atoms with Crippen molar-refractivity contribution in [3.63, 3.8) is 0 Å². The summed E-state index contributed by atoms with van der Waals surface area (Å²) in [5, 5.41) is 13.7. The van der Waals surface area contributed by atoms with Gasteiger partial charge in [0.15, 0.2) is 0 Å². The number of benzene rings is 3. The standard InChI is InChI=1S/C22H13Cl2N5O/c23-14-10-8-13(9-11-14)21-28-29-22(30-21)20-26-18-7-2-1-6-17(18)19(27-20)25-16-5-3-4-15(24)12-16/h1-12H,(H,25,26,27). The molecule has 30 heavy (non-hydrogen) atoms. The molecule has 5 aromatic rings. The minimum absolute atomic E-state index is 0.222. The maximum absolute atomic E-state index is 6.11. The summed E-state index contributed by atoms with van der Waals surface area (Å²) in [6.07, 6.45) is 0. The summed E-state index contributed by atoms with van der Waals surface area (Å²) in [5.74, 6) is 1.53. The summed E-state index contributed by atoms with van der Waals surface area (Å²) >= 11 is 12.1. The van der Waals surface area contributed by atoms with Crippen LogP contribution < -0.4 is 5.32 Å². The van der Waals surface area contributed by atoms with Crippen LogP contribution in [0, 0.1) is 0 Å². The molecule has 0 saturated heterocycles. The molecule has 0 saturated carbocycles. The molecule has 0 unspecified atom stereocenters. The Balaban J connectivity index is 1.57. The highest BCUT2D eigenvalue weighted by atomic mass is 35.5. The van der Waals surface area contributed by atoms with Crippen LogP contribution in [0.15, 0.2) is 77.2 Å². The van der Waals surface area contributed by atoms with Gasteiger partial charge in [-0.3, -0.25) is 0 Å². The Labute approximate surface area is 181 Å². The van der Waals surface area contributed by atoms with Gasteiger partial charge in [-0.2, -0.15) is 0 Å². The molecule has 5 rings (SSSR count). The fourth-order valence-electron chi connectivity index (χ4n) is 2.99. The number of hydrogen-bond acceptors (Lipinski definition) is 6. The van der Waals surface area contributed by atoms with Gasteiger partial charge in [0.1, 0.15) is 5.82 Å². The Morgan fingerprint density at radius 2 is 1.53 bits per heavy atom. The van der Waals surface area contributed by atoms with E-state index in [1.165, 1.54) is 0 Å². The second-order valence-electron chi connectivity index (χ2n) is 6.47. The topological polar surface area (TPSA) is 76.7 Å². The predicted octanol–water partition coefficient (Wildman–Crippen LogP) is 6.40. The Hall–Kier alpha value is -3.48. The molecule has 0 amide bonds. The quantitative estimate of drug-likeness (QED) is 0.353. The summed E-state index contributed by atoms with van der Waals surface area (Å²) < 4.78 is 5.83. The van der Waals surface area contributed by atoms with Gasteiger partial charge in [-0.1, -0.05) is 41.4 Å². The predicted molar refractivity (Wildman–Crippen MR) is 118 cm³/mol. The highest BCUT2D eigenvalue weighted by Gasteiger charge is 2.16. The molecule has 0 aliphatic rings. The van der Waals surface area contributed by atoms with Gasteiger partial charge in [-0.25, -0.2) is 9.97 Å². The number of fused-ring (bicyclic) bond motifs is 1. The van der Waals surface area contributed by atoms with Gasteiger partial charge in [-0.05, 0) is 54.6 Å². The zero-order chi connectivity index (χ0) is 20.5. The van der Waals surface area contributed by atoms with Crippen molar-refractivity contribution < 1.29 is 4.42 Å². The highest BCUT2D eigenvalue weighted by Crippen LogP contribution is 2.29. The average molecular weight is 434 g/mol. The molecule has 2 heterocycles. The van der Waals surface area contributed by atoms with Crippen LogP contribution in [-0.2, 0) is 0 Å². The Bertz CT molecular complexity index is 1350. The first-order valence-electron chi connectivity index (χ1n) is 9.05. The molecule has 0 spiro atoms. The number of para-hydroxylation sites is 1. The van der Waals surface area contributed by atoms with Crippen LogP contribution in [0.2, 0.25) is 10.0 Å². The molecule has 0 fully saturated rings. The smallest absolute Gasteiger partial charge is 0.286 e. The zero-order valence-electron chi connectivity index (χ0n) is 15.4. The van der Waals surface area contributed by atoms with Crippen LogP contribution >= 0.6 is 23.2 Å². The van der Waals surface area contributed by atoms with E-state index in [-0.39, 0.29) is 5.89 Å². The summed E-state index contributed by atoms with van der Waals surface area (Å²) in [6, 6.07) is 22.3. The lowest BCUT2D eigenvalue weighted by Crippen LogP contribution is -1.99. The Kier molecular flexibility index (Phi) is 4.78. The lowest BCUT2D eigenvalue weighted by atomic mass is 10.2. The minimum Gasteiger partial charge on any atom is -0.413 e. The molecule has 0 aliphatic carbocycles. The Morgan fingerprint density at radius 1 is 0.733 bits per heavy atom. The van der Waals surface area contributed by atoms with E-state index in [4.69, 9.17) is 27.6 Å². The summed E-state index contributed by atoms with van der Waals surface area (Å²) in [7, 11) is 0. The number of hydrogen-bond donors (Lipinski definition) is 1. The van der Waals surface area contributed by atoms with Crippen molar-refractivity contribution in [2.45, 2.75) is 0 Å². The largest absolute Gasteiger partial charge is 0.413 e. The lowest BCUT2D eigenvalue weighted by molar-refractivity contribution is 0.579. The molecule has 146 valence electrons. The fourth-order valence-corrected chi connectivity index (χ4v) is 3.31. The van der Waals surface area contributed by atoms with Crippen LogP contribution in [0.25, 0.3) is 34.1 Å². The van der Waals surface area contributed by atoms with Crippen LogP contribution in [0.1, 0.15) is 0 Å². The number of aromatic nitrogens is 4. The van der Waals surface area contributed by atoms with Gasteiger partial charge in [0.25, 0.3) is 5.89 Å². The second-order valence-corrected chi connectivity index (χ2v) is 7.34. The summed E-state index contributed by atoms with van der Waals surface area (Å²) in [5.41, 5.74) is 2.32. The normalized spacial score (nSPS) is 11.0. The van der Waals surface area contributed by atoms with Crippen LogP contribution in [0.5, 0.6) is 0 Å². The molecule has 2 aromatic heterocycles. The number of halogens is 2. The molecule has 0 aliphatic heterocycles. The van der Waals surface area contributed by atoms with Crippen LogP contribution in [0.4, 0.5) is 11.5 Å². The number of nitrogens with one attached hydrogen (secondary N) is 1. The van der Waals surface area contributed by atoms with Gasteiger partial charge >= 0.3 is 0 Å². The van der Waals surface area contributed by atoms with Crippen molar-refractivity contribution in [2.24, 2.45) is 0 Å². The van der Waals surface area contributed by atoms with Crippen molar-refractivity contribution in [3.8, 4) is 23.2 Å². The molecule has 3 aromatic carbocycles. The van der Waals surface area contributed by atoms with Gasteiger partial charge in [0.2, 0.25) is 11.7 Å². The van der Waals surface area contributed by atoms with Crippen LogP contribution in [-0.4, -0.2) is 20.2 Å². The number of anilines is 2. The minimum atomic E-state index is 0.222. The van der Waals surface area contributed by atoms with Gasteiger partial charge in [-0.15, -0.1) is 10.2 Å². The van der Waals surface area contributed by atoms with Crippen molar-refractivity contribution in [1.29, 1.82) is 0 Å². The third kappa shape index (κ3) is 3.70. The average Bonchev–Trinajstić information content (AvgIpc) is 3.24. The zero-order valence-corrected chi connectivity index (χ0v) is 16.9. The fraction of sp³-hybridized carbons (Fsp3) is 0. The molecule has 0 bridgehead atoms. The molecule has 0 atom stereocenters. The summed E-state index contributed by atoms with van der Waals surface area (Å²) in [4.78, 5) is 9.23. The van der Waals surface area contributed by atoms with E-state index in [0.29, 0.717) is 27.6 Å². The third-order valence-electron chi connectivity index (χ3n) is 4.40. The lowest BCUT2D eigenvalue weighted by Gasteiger charge is -2.10. The van der Waals surface area contributed by atoms with E-state index < -0.39 is 0 Å². The molecule has 6 nitrogen and oxygen atoms in total. The first-order chi connectivity index (χ1) is 14.7. The van der Waals surface area contributed by atoms with Crippen molar-refractivity contribution in [1.82, 2.24) is 20.2 Å². The first kappa shape index (κ1) is 18.5. The van der Waals surface area contributed by atoms with Crippen molar-refractivity contribution in [2.75, 3.05) is 5.32 Å². The van der Waals surface area contributed by atoms with E-state index in [0.717, 1.165) is 22.2 Å². The van der Waals surface area contributed by atoms with Gasteiger partial charge in [0.05, 0.1) is 5.52 Å². The molecular weight excluding hydrogens is 421 g/mol. The number of rotatable bonds is 4. The first-order valence-corrected chi connectivity index (χ1v) is 9.80. The van der Waals surface area contributed by atoms with E-state index in [1.807, 2.05) is 60.7 Å². The van der Waals surface area contributed by atoms with Crippen LogP contribution in [0.3, 0.4) is 0 Å². The highest BCUT2D eigenvalue weighted by molar-refractivity contribution is 6.31. The van der Waals surface area contributed by atoms with E-state index in [2.05, 4.69) is 25.5 Å².